The third kappa shape index (κ3) is 3.21. The van der Waals surface area contributed by atoms with Crippen LogP contribution in [0.1, 0.15) is 23.9 Å². The zero-order chi connectivity index (χ0) is 13.7. The van der Waals surface area contributed by atoms with Crippen molar-refractivity contribution in [2.45, 2.75) is 13.3 Å². The van der Waals surface area contributed by atoms with E-state index < -0.39 is 0 Å². The Morgan fingerprint density at radius 3 is 2.89 bits per heavy atom. The van der Waals surface area contributed by atoms with Gasteiger partial charge in [0, 0.05) is 18.4 Å². The smallest absolute Gasteiger partial charge is 0.211 e. The Bertz CT molecular complexity index is 577. The molecule has 0 saturated carbocycles. The van der Waals surface area contributed by atoms with Crippen molar-refractivity contribution in [3.8, 4) is 6.07 Å². The third-order valence-corrected chi connectivity index (χ3v) is 3.05. The fourth-order valence-corrected chi connectivity index (χ4v) is 1.96. The number of ketones is 1. The first-order chi connectivity index (χ1) is 9.24. The highest BCUT2D eigenvalue weighted by Gasteiger charge is 2.15. The van der Waals surface area contributed by atoms with Crippen LogP contribution in [0.5, 0.6) is 0 Å². The van der Waals surface area contributed by atoms with Crippen LogP contribution in [0.4, 0.5) is 0 Å². The molecule has 2 aromatic rings. The van der Waals surface area contributed by atoms with E-state index in [1.807, 2.05) is 36.1 Å². The largest absolute Gasteiger partial charge is 0.453 e. The number of fused-ring (bicyclic) bond motifs is 1. The summed E-state index contributed by atoms with van der Waals surface area (Å²) in [5.41, 5.74) is 0.728. The molecule has 0 N–H and O–H groups in total. The number of rotatable bonds is 6. The number of furan rings is 1. The molecule has 0 aliphatic rings. The lowest BCUT2D eigenvalue weighted by molar-refractivity contribution is 0.0910. The minimum absolute atomic E-state index is 0.0454. The van der Waals surface area contributed by atoms with Crippen molar-refractivity contribution in [2.75, 3.05) is 19.6 Å². The molecule has 1 aromatic carbocycles. The van der Waals surface area contributed by atoms with E-state index in [1.165, 1.54) is 0 Å². The molecule has 0 atom stereocenters. The van der Waals surface area contributed by atoms with Crippen LogP contribution in [0.2, 0.25) is 0 Å². The Morgan fingerprint density at radius 2 is 2.21 bits per heavy atom. The number of benzene rings is 1. The van der Waals surface area contributed by atoms with Gasteiger partial charge in [-0.25, -0.2) is 0 Å². The molecule has 0 aliphatic carbocycles. The van der Waals surface area contributed by atoms with Crippen LogP contribution < -0.4 is 0 Å². The molecule has 0 unspecified atom stereocenters. The highest BCUT2D eigenvalue weighted by atomic mass is 16.3. The van der Waals surface area contributed by atoms with Crippen molar-refractivity contribution in [2.24, 2.45) is 0 Å². The summed E-state index contributed by atoms with van der Waals surface area (Å²) in [4.78, 5) is 14.1. The van der Waals surface area contributed by atoms with Crippen LogP contribution in [0.25, 0.3) is 11.0 Å². The molecule has 19 heavy (non-hydrogen) atoms. The number of hydrogen-bond donors (Lipinski definition) is 0. The second-order valence-corrected chi connectivity index (χ2v) is 4.35. The van der Waals surface area contributed by atoms with Gasteiger partial charge in [-0.1, -0.05) is 25.1 Å². The summed E-state index contributed by atoms with van der Waals surface area (Å²) in [6.07, 6.45) is 0.432. The molecule has 0 amide bonds. The number of hydrogen-bond acceptors (Lipinski definition) is 4. The standard InChI is InChI=1S/C15H16N2O2/c1-2-17(9-5-8-16)11-13(18)15-10-12-6-3-4-7-14(12)19-15/h3-4,6-7,10H,2,5,9,11H2,1H3. The van der Waals surface area contributed by atoms with Gasteiger partial charge in [-0.05, 0) is 18.7 Å². The highest BCUT2D eigenvalue weighted by Crippen LogP contribution is 2.19. The van der Waals surface area contributed by atoms with Gasteiger partial charge < -0.3 is 4.42 Å². The molecule has 1 aromatic heterocycles. The van der Waals surface area contributed by atoms with E-state index in [0.717, 1.165) is 17.5 Å². The first kappa shape index (κ1) is 13.3. The Balaban J connectivity index is 2.08. The summed E-state index contributed by atoms with van der Waals surface area (Å²) in [7, 11) is 0. The zero-order valence-corrected chi connectivity index (χ0v) is 10.9. The van der Waals surface area contributed by atoms with E-state index in [1.54, 1.807) is 6.07 Å². The molecule has 0 bridgehead atoms. The molecule has 4 heteroatoms. The summed E-state index contributed by atoms with van der Waals surface area (Å²) < 4.78 is 5.54. The van der Waals surface area contributed by atoms with Crippen molar-refractivity contribution >= 4 is 16.8 Å². The van der Waals surface area contributed by atoms with Gasteiger partial charge in [-0.2, -0.15) is 5.26 Å². The number of nitriles is 1. The average Bonchev–Trinajstić information content (AvgIpc) is 2.87. The van der Waals surface area contributed by atoms with Crippen molar-refractivity contribution < 1.29 is 9.21 Å². The molecule has 1 heterocycles. The fraction of sp³-hybridized carbons (Fsp3) is 0.333. The fourth-order valence-electron chi connectivity index (χ4n) is 1.96. The summed E-state index contributed by atoms with van der Waals surface area (Å²) in [6, 6.07) is 11.4. The third-order valence-electron chi connectivity index (χ3n) is 3.05. The van der Waals surface area contributed by atoms with Crippen LogP contribution in [0.15, 0.2) is 34.7 Å². The van der Waals surface area contributed by atoms with E-state index in [9.17, 15) is 4.79 Å². The van der Waals surface area contributed by atoms with Crippen molar-refractivity contribution in [3.63, 3.8) is 0 Å². The maximum Gasteiger partial charge on any atom is 0.211 e. The lowest BCUT2D eigenvalue weighted by Crippen LogP contribution is -2.30. The molecule has 0 aliphatic heterocycles. The van der Waals surface area contributed by atoms with E-state index in [0.29, 0.717) is 18.7 Å². The second-order valence-electron chi connectivity index (χ2n) is 4.35. The van der Waals surface area contributed by atoms with E-state index in [4.69, 9.17) is 9.68 Å². The van der Waals surface area contributed by atoms with Gasteiger partial charge >= 0.3 is 0 Å². The number of likely N-dealkylation sites (N-methyl/N-ethyl adjacent to an activating group) is 1. The number of nitrogens with zero attached hydrogens (tertiary/aromatic N) is 2. The Kier molecular flexibility index (Phi) is 4.32. The second kappa shape index (κ2) is 6.17. The molecule has 0 fully saturated rings. The van der Waals surface area contributed by atoms with Crippen LogP contribution in [-0.4, -0.2) is 30.3 Å². The molecule has 0 saturated heterocycles. The number of Topliss-reactive ketones (excluding diaryl/α,β-unsaturated/α-hetero) is 1. The zero-order valence-electron chi connectivity index (χ0n) is 10.9. The topological polar surface area (TPSA) is 57.2 Å². The average molecular weight is 256 g/mol. The van der Waals surface area contributed by atoms with Crippen LogP contribution in [-0.2, 0) is 0 Å². The van der Waals surface area contributed by atoms with Crippen molar-refractivity contribution in [1.82, 2.24) is 4.90 Å². The minimum Gasteiger partial charge on any atom is -0.453 e. The first-order valence-corrected chi connectivity index (χ1v) is 6.35. The summed E-state index contributed by atoms with van der Waals surface area (Å²) in [6.45, 7) is 3.62. The number of carbonyl (C=O) groups excluding carboxylic acids is 1. The predicted molar refractivity (Wildman–Crippen MR) is 72.9 cm³/mol. The quantitative estimate of drug-likeness (QED) is 0.746. The van der Waals surface area contributed by atoms with E-state index in [-0.39, 0.29) is 12.3 Å². The predicted octanol–water partition coefficient (Wildman–Crippen LogP) is 2.85. The molecular weight excluding hydrogens is 240 g/mol. The number of carbonyl (C=O) groups is 1. The summed E-state index contributed by atoms with van der Waals surface area (Å²) in [5.74, 6) is 0.340. The van der Waals surface area contributed by atoms with Crippen molar-refractivity contribution in [3.05, 3.63) is 36.1 Å². The van der Waals surface area contributed by atoms with Gasteiger partial charge in [0.15, 0.2) is 5.76 Å². The minimum atomic E-state index is -0.0454. The number of para-hydroxylation sites is 1. The summed E-state index contributed by atoms with van der Waals surface area (Å²) in [5, 5.41) is 9.51. The Hall–Kier alpha value is -2.12. The normalized spacial score (nSPS) is 10.8. The Morgan fingerprint density at radius 1 is 1.42 bits per heavy atom. The maximum absolute atomic E-state index is 12.1. The molecule has 98 valence electrons. The van der Waals surface area contributed by atoms with Crippen molar-refractivity contribution in [1.29, 1.82) is 5.26 Å². The summed E-state index contributed by atoms with van der Waals surface area (Å²) >= 11 is 0. The van der Waals surface area contributed by atoms with Gasteiger partial charge in [-0.3, -0.25) is 9.69 Å². The van der Waals surface area contributed by atoms with Gasteiger partial charge in [0.1, 0.15) is 5.58 Å². The Labute approximate surface area is 112 Å². The molecule has 0 radical (unpaired) electrons. The highest BCUT2D eigenvalue weighted by molar-refractivity contribution is 5.98. The van der Waals surface area contributed by atoms with E-state index >= 15 is 0 Å². The van der Waals surface area contributed by atoms with Crippen LogP contribution >= 0.6 is 0 Å². The van der Waals surface area contributed by atoms with Gasteiger partial charge in [0.25, 0.3) is 0 Å². The monoisotopic (exact) mass is 256 g/mol. The van der Waals surface area contributed by atoms with Gasteiger partial charge in [0.2, 0.25) is 5.78 Å². The van der Waals surface area contributed by atoms with Gasteiger partial charge in [-0.15, -0.1) is 0 Å². The lowest BCUT2D eigenvalue weighted by Gasteiger charge is -2.16. The lowest BCUT2D eigenvalue weighted by atomic mass is 10.2. The molecular formula is C15H16N2O2. The first-order valence-electron chi connectivity index (χ1n) is 6.35. The van der Waals surface area contributed by atoms with E-state index in [2.05, 4.69) is 6.07 Å². The van der Waals surface area contributed by atoms with Crippen LogP contribution in [0.3, 0.4) is 0 Å². The molecule has 0 spiro atoms. The molecule has 4 nitrogen and oxygen atoms in total. The maximum atomic E-state index is 12.1. The molecule has 2 rings (SSSR count). The SMILES string of the molecule is CCN(CCC#N)CC(=O)c1cc2ccccc2o1. The van der Waals surface area contributed by atoms with Crippen LogP contribution in [0, 0.1) is 11.3 Å². The van der Waals surface area contributed by atoms with Gasteiger partial charge in [0.05, 0.1) is 12.6 Å².